The van der Waals surface area contributed by atoms with Crippen molar-refractivity contribution in [2.24, 2.45) is 19.8 Å². The molecule has 2 heterocycles. The highest BCUT2D eigenvalue weighted by molar-refractivity contribution is 5.70. The second-order valence-electron chi connectivity index (χ2n) is 4.91. The van der Waals surface area contributed by atoms with E-state index in [1.807, 2.05) is 14.0 Å². The largest absolute Gasteiger partial charge is 0.332 e. The second kappa shape index (κ2) is 5.62. The maximum Gasteiger partial charge on any atom is 0.332 e. The van der Waals surface area contributed by atoms with Gasteiger partial charge in [-0.3, -0.25) is 13.9 Å². The van der Waals surface area contributed by atoms with Gasteiger partial charge in [0.25, 0.3) is 5.56 Å². The summed E-state index contributed by atoms with van der Waals surface area (Å²) in [5.74, 6) is 0.798. The predicted octanol–water partition coefficient (Wildman–Crippen LogP) is -0.265. The molecule has 0 spiro atoms. The highest BCUT2D eigenvalue weighted by atomic mass is 16.2. The quantitative estimate of drug-likeness (QED) is 0.763. The van der Waals surface area contributed by atoms with Gasteiger partial charge in [-0.15, -0.1) is 0 Å². The molecule has 0 radical (unpaired) electrons. The summed E-state index contributed by atoms with van der Waals surface area (Å²) in [6, 6.07) is 0. The van der Waals surface area contributed by atoms with E-state index in [-0.39, 0.29) is 11.2 Å². The summed E-state index contributed by atoms with van der Waals surface area (Å²) in [5.41, 5.74) is 5.80. The normalized spacial score (nSPS) is 11.4. The van der Waals surface area contributed by atoms with Crippen LogP contribution in [0.5, 0.6) is 0 Å². The molecule has 0 aliphatic rings. The fourth-order valence-corrected chi connectivity index (χ4v) is 2.42. The fourth-order valence-electron chi connectivity index (χ4n) is 2.42. The minimum atomic E-state index is -0.319. The third-order valence-electron chi connectivity index (χ3n) is 3.60. The molecule has 2 aromatic heterocycles. The van der Waals surface area contributed by atoms with Crippen molar-refractivity contribution < 1.29 is 0 Å². The summed E-state index contributed by atoms with van der Waals surface area (Å²) in [6.07, 6.45) is 2.22. The Morgan fingerprint density at radius 3 is 2.45 bits per heavy atom. The maximum absolute atomic E-state index is 12.5. The van der Waals surface area contributed by atoms with E-state index >= 15 is 0 Å². The zero-order valence-electron chi connectivity index (χ0n) is 12.2. The third kappa shape index (κ3) is 2.18. The Kier molecular flexibility index (Phi) is 4.08. The first kappa shape index (κ1) is 14.5. The number of nitrogens with zero attached hydrogens (tertiary/aromatic N) is 4. The Balaban J connectivity index is 2.69. The van der Waals surface area contributed by atoms with Crippen LogP contribution in [0.2, 0.25) is 0 Å². The topological polar surface area (TPSA) is 87.8 Å². The standard InChI is InChI=1S/C13H21N5O2/c1-4-9-15-11-10(16(9)2)12(19)18(8-6-5-7-14)13(20)17(11)3/h4-8,14H2,1-3H3. The molecule has 0 bridgehead atoms. The number of nitrogens with two attached hydrogens (primary N) is 1. The summed E-state index contributed by atoms with van der Waals surface area (Å²) in [5, 5.41) is 0. The van der Waals surface area contributed by atoms with Gasteiger partial charge in [-0.05, 0) is 19.4 Å². The van der Waals surface area contributed by atoms with Crippen LogP contribution in [0.3, 0.4) is 0 Å². The summed E-state index contributed by atoms with van der Waals surface area (Å²) in [4.78, 5) is 29.1. The summed E-state index contributed by atoms with van der Waals surface area (Å²) >= 11 is 0. The Morgan fingerprint density at radius 1 is 1.15 bits per heavy atom. The summed E-state index contributed by atoms with van der Waals surface area (Å²) in [7, 11) is 3.46. The lowest BCUT2D eigenvalue weighted by molar-refractivity contribution is 0.556. The van der Waals surface area contributed by atoms with Gasteiger partial charge in [-0.25, -0.2) is 9.78 Å². The van der Waals surface area contributed by atoms with Gasteiger partial charge in [0.1, 0.15) is 5.82 Å². The Morgan fingerprint density at radius 2 is 1.85 bits per heavy atom. The molecule has 0 aliphatic heterocycles. The first-order valence-corrected chi connectivity index (χ1v) is 6.88. The smallest absolute Gasteiger partial charge is 0.330 e. The molecule has 0 amide bonds. The van der Waals surface area contributed by atoms with Crippen LogP contribution >= 0.6 is 0 Å². The van der Waals surface area contributed by atoms with Crippen molar-refractivity contribution in [2.75, 3.05) is 6.54 Å². The number of hydrogen-bond donors (Lipinski definition) is 1. The maximum atomic E-state index is 12.5. The second-order valence-corrected chi connectivity index (χ2v) is 4.91. The van der Waals surface area contributed by atoms with Crippen LogP contribution in [0, 0.1) is 0 Å². The SMILES string of the molecule is CCc1nc2c(c(=O)n(CCCCN)c(=O)n2C)n1C. The van der Waals surface area contributed by atoms with E-state index in [1.165, 1.54) is 9.13 Å². The van der Waals surface area contributed by atoms with Gasteiger partial charge in [0, 0.05) is 27.1 Å². The lowest BCUT2D eigenvalue weighted by Crippen LogP contribution is -2.39. The van der Waals surface area contributed by atoms with E-state index < -0.39 is 0 Å². The van der Waals surface area contributed by atoms with Gasteiger partial charge in [0.2, 0.25) is 0 Å². The molecule has 0 unspecified atom stereocenters. The van der Waals surface area contributed by atoms with Crippen molar-refractivity contribution in [1.29, 1.82) is 0 Å². The Bertz CT molecular complexity index is 738. The van der Waals surface area contributed by atoms with Crippen molar-refractivity contribution in [3.05, 3.63) is 26.7 Å². The van der Waals surface area contributed by atoms with Crippen molar-refractivity contribution in [3.8, 4) is 0 Å². The van der Waals surface area contributed by atoms with Crippen LogP contribution in [0.25, 0.3) is 11.2 Å². The molecule has 0 aromatic carbocycles. The van der Waals surface area contributed by atoms with Gasteiger partial charge in [0.05, 0.1) is 0 Å². The molecule has 0 atom stereocenters. The number of imidazole rings is 1. The average molecular weight is 279 g/mol. The molecule has 2 aromatic rings. The zero-order valence-corrected chi connectivity index (χ0v) is 12.2. The lowest BCUT2D eigenvalue weighted by Gasteiger charge is -2.08. The number of unbranched alkanes of at least 4 members (excludes halogenated alkanes) is 1. The van der Waals surface area contributed by atoms with Gasteiger partial charge in [0.15, 0.2) is 11.2 Å². The predicted molar refractivity (Wildman–Crippen MR) is 77.9 cm³/mol. The summed E-state index contributed by atoms with van der Waals surface area (Å²) < 4.78 is 4.49. The first-order chi connectivity index (χ1) is 9.52. The van der Waals surface area contributed by atoms with Crippen molar-refractivity contribution in [1.82, 2.24) is 18.7 Å². The first-order valence-electron chi connectivity index (χ1n) is 6.88. The highest BCUT2D eigenvalue weighted by Gasteiger charge is 2.17. The molecular weight excluding hydrogens is 258 g/mol. The lowest BCUT2D eigenvalue weighted by atomic mass is 10.3. The van der Waals surface area contributed by atoms with Crippen molar-refractivity contribution in [3.63, 3.8) is 0 Å². The van der Waals surface area contributed by atoms with Crippen LogP contribution in [0.15, 0.2) is 9.59 Å². The van der Waals surface area contributed by atoms with Gasteiger partial charge in [-0.1, -0.05) is 6.92 Å². The van der Waals surface area contributed by atoms with Crippen molar-refractivity contribution in [2.45, 2.75) is 32.7 Å². The number of rotatable bonds is 5. The van der Waals surface area contributed by atoms with Crippen molar-refractivity contribution >= 4 is 11.2 Å². The van der Waals surface area contributed by atoms with Crippen LogP contribution in [0.4, 0.5) is 0 Å². The van der Waals surface area contributed by atoms with E-state index in [0.29, 0.717) is 30.7 Å². The molecule has 7 nitrogen and oxygen atoms in total. The molecule has 7 heteroatoms. The monoisotopic (exact) mass is 279 g/mol. The van der Waals surface area contributed by atoms with Crippen LogP contribution in [-0.2, 0) is 27.1 Å². The van der Waals surface area contributed by atoms with Crippen LogP contribution in [-0.4, -0.2) is 25.2 Å². The molecular formula is C13H21N5O2. The molecule has 0 aliphatic carbocycles. The highest BCUT2D eigenvalue weighted by Crippen LogP contribution is 2.09. The summed E-state index contributed by atoms with van der Waals surface area (Å²) in [6.45, 7) is 2.92. The van der Waals surface area contributed by atoms with Crippen LogP contribution < -0.4 is 17.0 Å². The van der Waals surface area contributed by atoms with Gasteiger partial charge < -0.3 is 10.3 Å². The molecule has 2 N–H and O–H groups in total. The molecule has 0 saturated carbocycles. The molecule has 110 valence electrons. The number of hydrogen-bond acceptors (Lipinski definition) is 4. The van der Waals surface area contributed by atoms with Crippen LogP contribution in [0.1, 0.15) is 25.6 Å². The zero-order chi connectivity index (χ0) is 14.9. The van der Waals surface area contributed by atoms with E-state index in [1.54, 1.807) is 11.6 Å². The Labute approximate surface area is 116 Å². The molecule has 0 fully saturated rings. The number of fused-ring (bicyclic) bond motifs is 1. The molecule has 20 heavy (non-hydrogen) atoms. The minimum Gasteiger partial charge on any atom is -0.330 e. The van der Waals surface area contributed by atoms with Gasteiger partial charge in [-0.2, -0.15) is 0 Å². The van der Waals surface area contributed by atoms with E-state index in [4.69, 9.17) is 5.73 Å². The number of aryl methyl sites for hydroxylation is 3. The Hall–Kier alpha value is -1.89. The minimum absolute atomic E-state index is 0.269. The van der Waals surface area contributed by atoms with E-state index in [9.17, 15) is 9.59 Å². The van der Waals surface area contributed by atoms with Gasteiger partial charge >= 0.3 is 5.69 Å². The fraction of sp³-hybridized carbons (Fsp3) is 0.615. The third-order valence-corrected chi connectivity index (χ3v) is 3.60. The molecule has 0 saturated heterocycles. The van der Waals surface area contributed by atoms with E-state index in [0.717, 1.165) is 18.7 Å². The molecule has 2 rings (SSSR count). The number of aromatic nitrogens is 4. The average Bonchev–Trinajstić information content (AvgIpc) is 2.77. The van der Waals surface area contributed by atoms with E-state index in [2.05, 4.69) is 4.98 Å².